The third kappa shape index (κ3) is 4.03. The fourth-order valence-electron chi connectivity index (χ4n) is 3.07. The van der Waals surface area contributed by atoms with Gasteiger partial charge in [0.25, 0.3) is 0 Å². The van der Waals surface area contributed by atoms with Gasteiger partial charge in [-0.2, -0.15) is 0 Å². The Balaban J connectivity index is 2.12. The topological polar surface area (TPSA) is 40.5 Å². The van der Waals surface area contributed by atoms with Crippen LogP contribution in [0.5, 0.6) is 5.75 Å². The second-order valence-electron chi connectivity index (χ2n) is 6.07. The number of carbonyl (C=O) groups is 1. The fourth-order valence-corrected chi connectivity index (χ4v) is 3.61. The van der Waals surface area contributed by atoms with E-state index in [1.54, 1.807) is 6.92 Å². The van der Waals surface area contributed by atoms with Crippen molar-refractivity contribution in [3.05, 3.63) is 82.2 Å². The van der Waals surface area contributed by atoms with Gasteiger partial charge >= 0.3 is 5.97 Å². The Bertz CT molecular complexity index is 907. The van der Waals surface area contributed by atoms with E-state index in [-0.39, 0.29) is 5.97 Å². The molecule has 0 spiro atoms. The summed E-state index contributed by atoms with van der Waals surface area (Å²) in [6, 6.07) is 19.4. The molecule has 3 aromatic rings. The largest absolute Gasteiger partial charge is 0.469 e. The molecule has 0 N–H and O–H groups in total. The Morgan fingerprint density at radius 3 is 2.44 bits per heavy atom. The molecule has 27 heavy (non-hydrogen) atoms. The van der Waals surface area contributed by atoms with Crippen molar-refractivity contribution in [3.63, 3.8) is 0 Å². The van der Waals surface area contributed by atoms with Crippen LogP contribution in [0.15, 0.2) is 73.1 Å². The zero-order valence-electron chi connectivity index (χ0n) is 15.4. The van der Waals surface area contributed by atoms with Crippen LogP contribution in [0.25, 0.3) is 5.69 Å². The molecule has 0 aliphatic heterocycles. The van der Waals surface area contributed by atoms with Gasteiger partial charge in [0, 0.05) is 21.5 Å². The van der Waals surface area contributed by atoms with E-state index < -0.39 is 5.60 Å². The summed E-state index contributed by atoms with van der Waals surface area (Å²) < 4.78 is 14.9. The smallest absolute Gasteiger partial charge is 0.355 e. The fraction of sp³-hybridized carbons (Fsp3) is 0.227. The lowest BCUT2D eigenvalue weighted by Crippen LogP contribution is -2.43. The van der Waals surface area contributed by atoms with E-state index in [0.29, 0.717) is 18.8 Å². The number of carbonyl (C=O) groups excluding carboxylic acids is 1. The van der Waals surface area contributed by atoms with E-state index in [1.807, 2.05) is 84.5 Å². The van der Waals surface area contributed by atoms with E-state index in [2.05, 4.69) is 22.6 Å². The number of aromatic nitrogens is 1. The molecule has 0 aliphatic carbocycles. The zero-order chi connectivity index (χ0) is 19.3. The molecule has 5 heteroatoms. The van der Waals surface area contributed by atoms with Gasteiger partial charge in [-0.3, -0.25) is 0 Å². The first-order chi connectivity index (χ1) is 13.1. The number of hydrogen-bond donors (Lipinski definition) is 0. The lowest BCUT2D eigenvalue weighted by Gasteiger charge is -2.32. The second kappa shape index (κ2) is 8.61. The van der Waals surface area contributed by atoms with Gasteiger partial charge in [0.2, 0.25) is 5.60 Å². The summed E-state index contributed by atoms with van der Waals surface area (Å²) in [4.78, 5) is 13.1. The van der Waals surface area contributed by atoms with Gasteiger partial charge in [-0.05, 0) is 72.3 Å². The number of hydrogen-bond acceptors (Lipinski definition) is 3. The highest BCUT2D eigenvalue weighted by atomic mass is 127. The molecule has 1 heterocycles. The third-order valence-corrected chi connectivity index (χ3v) is 5.10. The van der Waals surface area contributed by atoms with Crippen molar-refractivity contribution in [2.75, 3.05) is 6.61 Å². The van der Waals surface area contributed by atoms with Gasteiger partial charge in [-0.25, -0.2) is 4.79 Å². The second-order valence-corrected chi connectivity index (χ2v) is 7.32. The maximum absolute atomic E-state index is 13.1. The molecular weight excluding hydrogens is 453 g/mol. The Kier molecular flexibility index (Phi) is 6.21. The van der Waals surface area contributed by atoms with E-state index in [0.717, 1.165) is 14.8 Å². The number of rotatable bonds is 7. The van der Waals surface area contributed by atoms with Crippen LogP contribution in [0, 0.1) is 3.57 Å². The van der Waals surface area contributed by atoms with E-state index in [9.17, 15) is 4.79 Å². The molecule has 0 radical (unpaired) electrons. The van der Waals surface area contributed by atoms with Gasteiger partial charge in [0.05, 0.1) is 12.3 Å². The van der Waals surface area contributed by atoms with Crippen molar-refractivity contribution in [2.24, 2.45) is 0 Å². The highest BCUT2D eigenvalue weighted by molar-refractivity contribution is 14.1. The molecule has 0 saturated carbocycles. The maximum Gasteiger partial charge on any atom is 0.355 e. The molecule has 0 fully saturated rings. The van der Waals surface area contributed by atoms with Crippen molar-refractivity contribution in [1.82, 2.24) is 4.57 Å². The van der Waals surface area contributed by atoms with Crippen LogP contribution in [0.2, 0.25) is 0 Å². The van der Waals surface area contributed by atoms with Crippen LogP contribution in [-0.2, 0) is 15.1 Å². The number of ether oxygens (including phenoxy) is 2. The Morgan fingerprint density at radius 1 is 1.04 bits per heavy atom. The first kappa shape index (κ1) is 19.5. The third-order valence-electron chi connectivity index (χ3n) is 4.43. The minimum Gasteiger partial charge on any atom is -0.469 e. The van der Waals surface area contributed by atoms with Gasteiger partial charge in [-0.1, -0.05) is 31.2 Å². The molecule has 4 nitrogen and oxygen atoms in total. The minimum atomic E-state index is -1.21. The number of para-hydroxylation sites is 2. The summed E-state index contributed by atoms with van der Waals surface area (Å²) >= 11 is 2.24. The molecule has 2 aromatic carbocycles. The zero-order valence-corrected chi connectivity index (χ0v) is 17.5. The summed E-state index contributed by atoms with van der Waals surface area (Å²) in [5.41, 5.74) is 0.452. The lowest BCUT2D eigenvalue weighted by molar-refractivity contribution is -0.163. The quantitative estimate of drug-likeness (QED) is 0.343. The SMILES string of the molecule is CCOC(=O)C(CC)(Oc1ccccc1-n1cccc1)c1cccc(I)c1. The maximum atomic E-state index is 13.1. The summed E-state index contributed by atoms with van der Waals surface area (Å²) in [7, 11) is 0. The average molecular weight is 475 g/mol. The number of nitrogens with zero attached hydrogens (tertiary/aromatic N) is 1. The molecular formula is C22H22INO3. The number of benzene rings is 2. The Hall–Kier alpha value is -2.28. The Labute approximate surface area is 173 Å². The van der Waals surface area contributed by atoms with Crippen LogP contribution < -0.4 is 4.74 Å². The normalized spacial score (nSPS) is 13.0. The predicted molar refractivity (Wildman–Crippen MR) is 114 cm³/mol. The molecule has 3 rings (SSSR count). The number of esters is 1. The van der Waals surface area contributed by atoms with Gasteiger partial charge in [0.15, 0.2) is 0 Å². The van der Waals surface area contributed by atoms with E-state index in [1.165, 1.54) is 0 Å². The number of halogens is 1. The first-order valence-electron chi connectivity index (χ1n) is 8.95. The molecule has 0 saturated heterocycles. The first-order valence-corrected chi connectivity index (χ1v) is 10.0. The monoisotopic (exact) mass is 475 g/mol. The van der Waals surface area contributed by atoms with E-state index >= 15 is 0 Å². The molecule has 0 amide bonds. The van der Waals surface area contributed by atoms with Crippen molar-refractivity contribution >= 4 is 28.6 Å². The van der Waals surface area contributed by atoms with Crippen LogP contribution in [-0.4, -0.2) is 17.1 Å². The van der Waals surface area contributed by atoms with E-state index in [4.69, 9.17) is 9.47 Å². The average Bonchev–Trinajstić information content (AvgIpc) is 3.21. The molecule has 1 aromatic heterocycles. The minimum absolute atomic E-state index is 0.299. The van der Waals surface area contributed by atoms with Crippen LogP contribution >= 0.6 is 22.6 Å². The van der Waals surface area contributed by atoms with Crippen molar-refractivity contribution in [1.29, 1.82) is 0 Å². The van der Waals surface area contributed by atoms with Gasteiger partial charge in [0.1, 0.15) is 5.75 Å². The van der Waals surface area contributed by atoms with Crippen molar-refractivity contribution in [2.45, 2.75) is 25.9 Å². The van der Waals surface area contributed by atoms with Crippen LogP contribution in [0.3, 0.4) is 0 Å². The highest BCUT2D eigenvalue weighted by Gasteiger charge is 2.43. The summed E-state index contributed by atoms with van der Waals surface area (Å²) in [5, 5.41) is 0. The van der Waals surface area contributed by atoms with Crippen molar-refractivity contribution < 1.29 is 14.3 Å². The van der Waals surface area contributed by atoms with Crippen LogP contribution in [0.1, 0.15) is 25.8 Å². The highest BCUT2D eigenvalue weighted by Crippen LogP contribution is 2.36. The van der Waals surface area contributed by atoms with Gasteiger partial charge < -0.3 is 14.0 Å². The van der Waals surface area contributed by atoms with Gasteiger partial charge in [-0.15, -0.1) is 0 Å². The molecule has 0 aliphatic rings. The summed E-state index contributed by atoms with van der Waals surface area (Å²) in [5.74, 6) is 0.249. The van der Waals surface area contributed by atoms with Crippen molar-refractivity contribution in [3.8, 4) is 11.4 Å². The molecule has 1 atom stereocenters. The molecule has 140 valence electrons. The summed E-state index contributed by atoms with van der Waals surface area (Å²) in [6.45, 7) is 4.04. The standard InChI is InChI=1S/C22H22INO3/c1-3-22(21(25)26-4-2,17-10-9-11-18(23)16-17)27-20-13-6-5-12-19(20)24-14-7-8-15-24/h5-16H,3-4H2,1-2H3. The summed E-state index contributed by atoms with van der Waals surface area (Å²) in [6.07, 6.45) is 4.35. The predicted octanol–water partition coefficient (Wildman–Crippen LogP) is 5.33. The van der Waals surface area contributed by atoms with Crippen LogP contribution in [0.4, 0.5) is 0 Å². The Morgan fingerprint density at radius 2 is 1.78 bits per heavy atom. The molecule has 0 bridgehead atoms. The lowest BCUT2D eigenvalue weighted by atomic mass is 9.90. The molecule has 1 unspecified atom stereocenters.